The van der Waals surface area contributed by atoms with Gasteiger partial charge in [-0.3, -0.25) is 4.79 Å². The lowest BCUT2D eigenvalue weighted by Gasteiger charge is -2.31. The van der Waals surface area contributed by atoms with Crippen molar-refractivity contribution in [1.29, 1.82) is 0 Å². The van der Waals surface area contributed by atoms with E-state index < -0.39 is 15.9 Å². The van der Waals surface area contributed by atoms with Gasteiger partial charge in [-0.2, -0.15) is 0 Å². The second-order valence-electron chi connectivity index (χ2n) is 6.77. The maximum absolute atomic E-state index is 12.8. The number of halogens is 1. The summed E-state index contributed by atoms with van der Waals surface area (Å²) in [5.74, 6) is -0.117. The van der Waals surface area contributed by atoms with E-state index >= 15 is 0 Å². The van der Waals surface area contributed by atoms with Crippen LogP contribution >= 0.6 is 11.6 Å². The number of nitrogens with one attached hydrogen (secondary N) is 1. The van der Waals surface area contributed by atoms with Gasteiger partial charge < -0.3 is 10.1 Å². The molecule has 0 radical (unpaired) electrons. The summed E-state index contributed by atoms with van der Waals surface area (Å²) in [6, 6.07) is 14.0. The first-order valence-corrected chi connectivity index (χ1v) is 11.0. The summed E-state index contributed by atoms with van der Waals surface area (Å²) >= 11 is 6.11. The van der Waals surface area contributed by atoms with E-state index in [1.807, 2.05) is 0 Å². The van der Waals surface area contributed by atoms with E-state index in [9.17, 15) is 13.2 Å². The number of ether oxygens (including phenoxy) is 1. The van der Waals surface area contributed by atoms with Crippen LogP contribution in [0.5, 0.6) is 5.75 Å². The standard InChI is InChI=1S/C20H23ClN2O4S/c1-27-18-9-4-8-17(12-18)22-20(24)15-7-5-11-23(13-15)28(25,26)14-16-6-2-3-10-19(16)21/h2-4,6,8-10,12,15H,5,7,11,13-14H2,1H3,(H,22,24)/t15-/m1/s1. The Bertz CT molecular complexity index is 949. The van der Waals surface area contributed by atoms with Crippen LogP contribution < -0.4 is 10.1 Å². The first-order chi connectivity index (χ1) is 13.4. The molecule has 3 rings (SSSR count). The highest BCUT2D eigenvalue weighted by molar-refractivity contribution is 7.88. The van der Waals surface area contributed by atoms with Crippen LogP contribution in [0.4, 0.5) is 5.69 Å². The average Bonchev–Trinajstić information content (AvgIpc) is 2.70. The van der Waals surface area contributed by atoms with E-state index in [0.29, 0.717) is 41.4 Å². The predicted octanol–water partition coefficient (Wildman–Crippen LogP) is 3.53. The number of anilines is 1. The van der Waals surface area contributed by atoms with Gasteiger partial charge >= 0.3 is 0 Å². The molecule has 1 aliphatic rings. The Morgan fingerprint density at radius 2 is 2.04 bits per heavy atom. The van der Waals surface area contributed by atoms with E-state index in [1.54, 1.807) is 55.6 Å². The van der Waals surface area contributed by atoms with E-state index in [4.69, 9.17) is 16.3 Å². The number of hydrogen-bond acceptors (Lipinski definition) is 4. The van der Waals surface area contributed by atoms with Crippen molar-refractivity contribution in [1.82, 2.24) is 4.31 Å². The molecule has 0 aromatic heterocycles. The molecule has 28 heavy (non-hydrogen) atoms. The number of rotatable bonds is 6. The minimum Gasteiger partial charge on any atom is -0.497 e. The van der Waals surface area contributed by atoms with Gasteiger partial charge in [-0.25, -0.2) is 12.7 Å². The molecule has 2 aromatic rings. The number of nitrogens with zero attached hydrogens (tertiary/aromatic N) is 1. The highest BCUT2D eigenvalue weighted by Crippen LogP contribution is 2.25. The van der Waals surface area contributed by atoms with Crippen LogP contribution in [-0.4, -0.2) is 38.8 Å². The van der Waals surface area contributed by atoms with Crippen molar-refractivity contribution in [3.63, 3.8) is 0 Å². The summed E-state index contributed by atoms with van der Waals surface area (Å²) in [5.41, 5.74) is 1.19. The third-order valence-corrected chi connectivity index (χ3v) is 6.94. The number of carbonyl (C=O) groups is 1. The molecule has 8 heteroatoms. The van der Waals surface area contributed by atoms with Gasteiger partial charge in [-0.1, -0.05) is 35.9 Å². The van der Waals surface area contributed by atoms with Crippen LogP contribution in [0.2, 0.25) is 5.02 Å². The molecule has 0 aliphatic carbocycles. The number of amides is 1. The molecule has 1 fully saturated rings. The maximum Gasteiger partial charge on any atom is 0.228 e. The predicted molar refractivity (Wildman–Crippen MR) is 110 cm³/mol. The Morgan fingerprint density at radius 3 is 2.79 bits per heavy atom. The smallest absolute Gasteiger partial charge is 0.228 e. The fourth-order valence-corrected chi connectivity index (χ4v) is 5.18. The molecule has 0 saturated carbocycles. The summed E-state index contributed by atoms with van der Waals surface area (Å²) in [5, 5.41) is 3.28. The lowest BCUT2D eigenvalue weighted by Crippen LogP contribution is -2.44. The zero-order chi connectivity index (χ0) is 20.1. The van der Waals surface area contributed by atoms with Crippen LogP contribution in [0.3, 0.4) is 0 Å². The van der Waals surface area contributed by atoms with Crippen molar-refractivity contribution in [2.75, 3.05) is 25.5 Å². The highest BCUT2D eigenvalue weighted by atomic mass is 35.5. The van der Waals surface area contributed by atoms with Crippen molar-refractivity contribution in [3.8, 4) is 5.75 Å². The summed E-state index contributed by atoms with van der Waals surface area (Å²) in [6.07, 6.45) is 1.28. The Kier molecular flexibility index (Phi) is 6.59. The van der Waals surface area contributed by atoms with Crippen LogP contribution in [0.1, 0.15) is 18.4 Å². The monoisotopic (exact) mass is 422 g/mol. The Balaban J connectivity index is 1.67. The number of sulfonamides is 1. The average molecular weight is 423 g/mol. The first-order valence-electron chi connectivity index (χ1n) is 9.05. The fraction of sp³-hybridized carbons (Fsp3) is 0.350. The third kappa shape index (κ3) is 5.04. The molecular weight excluding hydrogens is 400 g/mol. The fourth-order valence-electron chi connectivity index (χ4n) is 3.26. The van der Waals surface area contributed by atoms with Crippen molar-refractivity contribution >= 4 is 33.2 Å². The number of carbonyl (C=O) groups excluding carboxylic acids is 1. The number of piperidine rings is 1. The number of methoxy groups -OCH3 is 1. The van der Waals surface area contributed by atoms with Gasteiger partial charge in [0.05, 0.1) is 18.8 Å². The van der Waals surface area contributed by atoms with Crippen molar-refractivity contribution in [2.24, 2.45) is 5.92 Å². The van der Waals surface area contributed by atoms with Gasteiger partial charge in [0.15, 0.2) is 0 Å². The molecule has 1 N–H and O–H groups in total. The van der Waals surface area contributed by atoms with Gasteiger partial charge in [0.1, 0.15) is 5.75 Å². The van der Waals surface area contributed by atoms with Crippen LogP contribution in [-0.2, 0) is 20.6 Å². The molecule has 0 spiro atoms. The highest BCUT2D eigenvalue weighted by Gasteiger charge is 2.32. The van der Waals surface area contributed by atoms with E-state index in [2.05, 4.69) is 5.32 Å². The second-order valence-corrected chi connectivity index (χ2v) is 9.14. The molecule has 2 aromatic carbocycles. The van der Waals surface area contributed by atoms with Crippen LogP contribution in [0.25, 0.3) is 0 Å². The number of hydrogen-bond donors (Lipinski definition) is 1. The summed E-state index contributed by atoms with van der Waals surface area (Å²) in [6.45, 7) is 0.582. The summed E-state index contributed by atoms with van der Waals surface area (Å²) in [7, 11) is -2.00. The van der Waals surface area contributed by atoms with Crippen molar-refractivity contribution < 1.29 is 17.9 Å². The van der Waals surface area contributed by atoms with Crippen LogP contribution in [0, 0.1) is 5.92 Å². The maximum atomic E-state index is 12.8. The second kappa shape index (κ2) is 8.94. The van der Waals surface area contributed by atoms with Gasteiger partial charge in [-0.15, -0.1) is 0 Å². The van der Waals surface area contributed by atoms with Gasteiger partial charge in [-0.05, 0) is 36.6 Å². The SMILES string of the molecule is COc1cccc(NC(=O)[C@@H]2CCCN(S(=O)(=O)Cc3ccccc3Cl)C2)c1. The number of benzene rings is 2. The molecular formula is C20H23ClN2O4S. The van der Waals surface area contributed by atoms with Crippen LogP contribution in [0.15, 0.2) is 48.5 Å². The Hall–Kier alpha value is -2.09. The Labute approximate surface area is 170 Å². The molecule has 1 saturated heterocycles. The van der Waals surface area contributed by atoms with Crippen molar-refractivity contribution in [2.45, 2.75) is 18.6 Å². The van der Waals surface area contributed by atoms with Gasteiger partial charge in [0.2, 0.25) is 15.9 Å². The molecule has 6 nitrogen and oxygen atoms in total. The third-order valence-electron chi connectivity index (χ3n) is 4.78. The zero-order valence-corrected chi connectivity index (χ0v) is 17.2. The van der Waals surface area contributed by atoms with E-state index in [1.165, 1.54) is 4.31 Å². The van der Waals surface area contributed by atoms with Gasteiger partial charge in [0.25, 0.3) is 0 Å². The minimum atomic E-state index is -3.56. The molecule has 150 valence electrons. The van der Waals surface area contributed by atoms with E-state index in [-0.39, 0.29) is 18.2 Å². The largest absolute Gasteiger partial charge is 0.497 e. The molecule has 1 heterocycles. The lowest BCUT2D eigenvalue weighted by molar-refractivity contribution is -0.120. The van der Waals surface area contributed by atoms with Crippen molar-refractivity contribution in [3.05, 3.63) is 59.1 Å². The molecule has 0 unspecified atom stereocenters. The minimum absolute atomic E-state index is 0.169. The molecule has 0 bridgehead atoms. The first kappa shape index (κ1) is 20.6. The summed E-state index contributed by atoms with van der Waals surface area (Å²) < 4.78 is 32.2. The topological polar surface area (TPSA) is 75.7 Å². The quantitative estimate of drug-likeness (QED) is 0.772. The molecule has 1 amide bonds. The lowest BCUT2D eigenvalue weighted by atomic mass is 9.98. The molecule has 1 atom stereocenters. The normalized spacial score (nSPS) is 17.9. The zero-order valence-electron chi connectivity index (χ0n) is 15.6. The van der Waals surface area contributed by atoms with E-state index in [0.717, 1.165) is 0 Å². The summed E-state index contributed by atoms with van der Waals surface area (Å²) in [4.78, 5) is 12.7. The molecule has 1 aliphatic heterocycles. The van der Waals surface area contributed by atoms with Gasteiger partial charge in [0, 0.05) is 29.9 Å². The Morgan fingerprint density at radius 1 is 1.25 bits per heavy atom.